The predicted molar refractivity (Wildman–Crippen MR) is 152 cm³/mol. The van der Waals surface area contributed by atoms with E-state index < -0.39 is 4.92 Å². The minimum absolute atomic E-state index is 0.0744. The van der Waals surface area contributed by atoms with Crippen molar-refractivity contribution in [3.8, 4) is 0 Å². The van der Waals surface area contributed by atoms with Gasteiger partial charge in [0, 0.05) is 55.6 Å². The molecular weight excluding hydrogens is 494 g/mol. The summed E-state index contributed by atoms with van der Waals surface area (Å²) in [4.78, 5) is 40.4. The molecule has 1 saturated heterocycles. The van der Waals surface area contributed by atoms with Gasteiger partial charge in [-0.05, 0) is 55.3 Å². The number of nitrogens with zero attached hydrogens (tertiary/aromatic N) is 3. The second kappa shape index (κ2) is 11.1. The fraction of sp³-hybridized carbons (Fsp3) is 0.267. The Hall–Kier alpha value is -4.50. The fourth-order valence-corrected chi connectivity index (χ4v) is 5.20. The molecule has 0 aromatic heterocycles. The third-order valence-electron chi connectivity index (χ3n) is 7.28. The number of hydrogen-bond donors (Lipinski definition) is 2. The van der Waals surface area contributed by atoms with E-state index in [-0.39, 0.29) is 23.4 Å². The molecule has 3 aromatic carbocycles. The molecule has 0 spiro atoms. The lowest BCUT2D eigenvalue weighted by atomic mass is 9.95. The predicted octanol–water partition coefficient (Wildman–Crippen LogP) is 4.83. The molecule has 3 aromatic rings. The Morgan fingerprint density at radius 3 is 2.38 bits per heavy atom. The van der Waals surface area contributed by atoms with Crippen LogP contribution >= 0.6 is 0 Å². The van der Waals surface area contributed by atoms with Crippen LogP contribution in [-0.4, -0.2) is 53.7 Å². The average molecular weight is 526 g/mol. The number of carbonyl (C=O) groups excluding carboxylic acids is 2. The van der Waals surface area contributed by atoms with Gasteiger partial charge in [-0.1, -0.05) is 42.5 Å². The number of benzene rings is 3. The second-order valence-electron chi connectivity index (χ2n) is 10.2. The van der Waals surface area contributed by atoms with Crippen molar-refractivity contribution in [2.24, 2.45) is 5.92 Å². The van der Waals surface area contributed by atoms with Gasteiger partial charge in [0.1, 0.15) is 0 Å². The van der Waals surface area contributed by atoms with Crippen LogP contribution in [0.4, 0.5) is 17.1 Å². The molecule has 0 bridgehead atoms. The highest BCUT2D eigenvalue weighted by Gasteiger charge is 2.30. The van der Waals surface area contributed by atoms with Crippen molar-refractivity contribution in [3.63, 3.8) is 0 Å². The Labute approximate surface area is 227 Å². The molecule has 9 heteroatoms. The fourth-order valence-electron chi connectivity index (χ4n) is 5.20. The molecule has 2 amide bonds. The summed E-state index contributed by atoms with van der Waals surface area (Å²) in [5, 5.41) is 17.7. The highest BCUT2D eigenvalue weighted by Crippen LogP contribution is 2.39. The number of rotatable bonds is 7. The maximum Gasteiger partial charge on any atom is 0.270 e. The van der Waals surface area contributed by atoms with Crippen molar-refractivity contribution >= 4 is 40.1 Å². The summed E-state index contributed by atoms with van der Waals surface area (Å²) in [7, 11) is 3.62. The molecule has 200 valence electrons. The first-order valence-corrected chi connectivity index (χ1v) is 13.0. The van der Waals surface area contributed by atoms with Gasteiger partial charge in [0.25, 0.3) is 11.6 Å². The first-order valence-electron chi connectivity index (χ1n) is 13.0. The second-order valence-corrected chi connectivity index (χ2v) is 10.2. The van der Waals surface area contributed by atoms with E-state index in [0.717, 1.165) is 49.3 Å². The van der Waals surface area contributed by atoms with Crippen molar-refractivity contribution in [1.29, 1.82) is 0 Å². The number of hydrogen-bond acceptors (Lipinski definition) is 6. The Balaban J connectivity index is 1.37. The lowest BCUT2D eigenvalue weighted by Gasteiger charge is -2.32. The van der Waals surface area contributed by atoms with E-state index >= 15 is 0 Å². The van der Waals surface area contributed by atoms with Crippen molar-refractivity contribution in [1.82, 2.24) is 9.80 Å². The number of piperidine rings is 1. The number of nitro benzene ring substituents is 1. The monoisotopic (exact) mass is 525 g/mol. The van der Waals surface area contributed by atoms with E-state index in [2.05, 4.69) is 27.7 Å². The first-order chi connectivity index (χ1) is 18.8. The number of carbonyl (C=O) groups is 2. The first kappa shape index (κ1) is 26.1. The van der Waals surface area contributed by atoms with Gasteiger partial charge >= 0.3 is 0 Å². The summed E-state index contributed by atoms with van der Waals surface area (Å²) in [6, 6.07) is 21.9. The van der Waals surface area contributed by atoms with Crippen molar-refractivity contribution in [2.75, 3.05) is 37.8 Å². The van der Waals surface area contributed by atoms with Gasteiger partial charge in [0.2, 0.25) is 5.91 Å². The third-order valence-corrected chi connectivity index (χ3v) is 7.28. The van der Waals surface area contributed by atoms with Gasteiger partial charge in [0.05, 0.1) is 16.2 Å². The topological polar surface area (TPSA) is 108 Å². The van der Waals surface area contributed by atoms with Crippen molar-refractivity contribution < 1.29 is 14.5 Å². The quantitative estimate of drug-likeness (QED) is 0.260. The minimum Gasteiger partial charge on any atom is -0.354 e. The largest absolute Gasteiger partial charge is 0.354 e. The van der Waals surface area contributed by atoms with E-state index in [1.54, 1.807) is 11.0 Å². The molecule has 2 N–H and O–H groups in total. The number of anilines is 2. The number of likely N-dealkylation sites (tertiary alicyclic amines) is 1. The van der Waals surface area contributed by atoms with Crippen LogP contribution < -0.4 is 10.6 Å². The van der Waals surface area contributed by atoms with E-state index in [1.165, 1.54) is 12.1 Å². The zero-order valence-corrected chi connectivity index (χ0v) is 22.0. The van der Waals surface area contributed by atoms with Crippen LogP contribution in [0, 0.1) is 16.0 Å². The summed E-state index contributed by atoms with van der Waals surface area (Å²) >= 11 is 0. The average Bonchev–Trinajstić information content (AvgIpc) is 3.27. The molecule has 2 heterocycles. The Kier molecular flexibility index (Phi) is 7.42. The number of fused-ring (bicyclic) bond motifs is 1. The van der Waals surface area contributed by atoms with Crippen molar-refractivity contribution in [2.45, 2.75) is 19.4 Å². The molecule has 0 saturated carbocycles. The van der Waals surface area contributed by atoms with E-state index in [1.807, 2.05) is 56.6 Å². The molecule has 0 radical (unpaired) electrons. The van der Waals surface area contributed by atoms with Crippen molar-refractivity contribution in [3.05, 3.63) is 99.6 Å². The normalized spacial score (nSPS) is 16.8. The van der Waals surface area contributed by atoms with Crippen LogP contribution in [0.1, 0.15) is 29.5 Å². The molecule has 5 rings (SSSR count). The standard InChI is InChI=1S/C30H31N5O4/c1-33(2)30(37)22-14-16-34(17-15-22)19-20-8-10-23(11-9-20)31-28(21-6-4-3-5-7-21)27-25-18-24(35(38)39)12-13-26(25)32-29(27)36/h3-13,18,22,31H,14-17,19H2,1-2H3,(H,32,36)/b28-27-. The molecule has 9 nitrogen and oxygen atoms in total. The summed E-state index contributed by atoms with van der Waals surface area (Å²) in [5.41, 5.74) is 4.65. The van der Waals surface area contributed by atoms with Gasteiger partial charge in [-0.25, -0.2) is 0 Å². The zero-order chi connectivity index (χ0) is 27.5. The number of nitro groups is 1. The lowest BCUT2D eigenvalue weighted by Crippen LogP contribution is -2.39. The highest BCUT2D eigenvalue weighted by atomic mass is 16.6. The minimum atomic E-state index is -0.461. The maximum atomic E-state index is 13.1. The molecule has 0 unspecified atom stereocenters. The zero-order valence-electron chi connectivity index (χ0n) is 22.0. The van der Waals surface area contributed by atoms with Crippen LogP contribution in [0.15, 0.2) is 72.8 Å². The van der Waals surface area contributed by atoms with E-state index in [0.29, 0.717) is 22.5 Å². The number of amides is 2. The molecule has 39 heavy (non-hydrogen) atoms. The molecule has 2 aliphatic rings. The molecule has 0 aliphatic carbocycles. The molecular formula is C30H31N5O4. The molecule has 0 atom stereocenters. The molecule has 2 aliphatic heterocycles. The smallest absolute Gasteiger partial charge is 0.270 e. The highest BCUT2D eigenvalue weighted by molar-refractivity contribution is 6.37. The maximum absolute atomic E-state index is 13.1. The van der Waals surface area contributed by atoms with Gasteiger partial charge in [-0.2, -0.15) is 0 Å². The summed E-state index contributed by atoms with van der Waals surface area (Å²) in [5.74, 6) is -0.00200. The lowest BCUT2D eigenvalue weighted by molar-refractivity contribution is -0.384. The summed E-state index contributed by atoms with van der Waals surface area (Å²) < 4.78 is 0. The van der Waals surface area contributed by atoms with Crippen LogP contribution in [0.2, 0.25) is 0 Å². The SMILES string of the molecule is CN(C)C(=O)C1CCN(Cc2ccc(N/C(=C3\C(=O)Nc4ccc([N+](=O)[O-])cc43)c3ccccc3)cc2)CC1. The van der Waals surface area contributed by atoms with E-state index in [4.69, 9.17) is 0 Å². The van der Waals surface area contributed by atoms with Gasteiger partial charge < -0.3 is 15.5 Å². The van der Waals surface area contributed by atoms with Crippen LogP contribution in [0.3, 0.4) is 0 Å². The van der Waals surface area contributed by atoms with Crippen LogP contribution in [0.5, 0.6) is 0 Å². The Bertz CT molecular complexity index is 1430. The van der Waals surface area contributed by atoms with E-state index in [9.17, 15) is 19.7 Å². The van der Waals surface area contributed by atoms with Gasteiger partial charge in [0.15, 0.2) is 0 Å². The van der Waals surface area contributed by atoms with Crippen LogP contribution in [0.25, 0.3) is 11.3 Å². The van der Waals surface area contributed by atoms with Gasteiger partial charge in [-0.3, -0.25) is 24.6 Å². The number of nitrogens with one attached hydrogen (secondary N) is 2. The Morgan fingerprint density at radius 2 is 1.74 bits per heavy atom. The summed E-state index contributed by atoms with van der Waals surface area (Å²) in [6.07, 6.45) is 1.73. The number of non-ortho nitro benzene ring substituents is 1. The summed E-state index contributed by atoms with van der Waals surface area (Å²) in [6.45, 7) is 2.57. The third kappa shape index (κ3) is 5.68. The Morgan fingerprint density at radius 1 is 1.05 bits per heavy atom. The molecule has 1 fully saturated rings. The van der Waals surface area contributed by atoms with Gasteiger partial charge in [-0.15, -0.1) is 0 Å². The van der Waals surface area contributed by atoms with Crippen LogP contribution in [-0.2, 0) is 16.1 Å².